The first-order chi connectivity index (χ1) is 8.22. The lowest BCUT2D eigenvalue weighted by atomic mass is 10.1. The van der Waals surface area contributed by atoms with Gasteiger partial charge in [0.25, 0.3) is 0 Å². The number of rotatable bonds is 12. The fourth-order valence-corrected chi connectivity index (χ4v) is 1.24. The molecule has 0 aromatic heterocycles. The molecule has 0 radical (unpaired) electrons. The lowest BCUT2D eigenvalue weighted by molar-refractivity contribution is -0.0856. The Bertz CT molecular complexity index is 187. The van der Waals surface area contributed by atoms with Gasteiger partial charge in [0, 0.05) is 7.11 Å². The van der Waals surface area contributed by atoms with Crippen LogP contribution in [0.1, 0.15) is 25.7 Å². The van der Waals surface area contributed by atoms with Crippen LogP contribution in [-0.2, 0) is 14.2 Å². The Hall–Kier alpha value is -0.460. The van der Waals surface area contributed by atoms with Crippen LogP contribution < -0.4 is 5.73 Å². The summed E-state index contributed by atoms with van der Waals surface area (Å²) < 4.78 is 15.0. The van der Waals surface area contributed by atoms with E-state index in [-0.39, 0.29) is 6.79 Å². The van der Waals surface area contributed by atoms with Gasteiger partial charge in [-0.1, -0.05) is 6.58 Å². The average Bonchev–Trinajstić information content (AvgIpc) is 2.33. The Balaban J connectivity index is 3.37. The Morgan fingerprint density at radius 3 is 2.71 bits per heavy atom. The Morgan fingerprint density at radius 2 is 2.06 bits per heavy atom. The zero-order chi connectivity index (χ0) is 12.9. The fraction of sp³-hybridized carbons (Fsp3) is 0.833. The summed E-state index contributed by atoms with van der Waals surface area (Å²) in [6.07, 6.45) is 2.47. The maximum atomic E-state index is 9.60. The van der Waals surface area contributed by atoms with E-state index < -0.39 is 6.29 Å². The van der Waals surface area contributed by atoms with Gasteiger partial charge in [0.1, 0.15) is 6.79 Å². The van der Waals surface area contributed by atoms with Crippen LogP contribution in [0.25, 0.3) is 0 Å². The molecule has 5 nitrogen and oxygen atoms in total. The fourth-order valence-electron chi connectivity index (χ4n) is 1.24. The summed E-state index contributed by atoms with van der Waals surface area (Å²) in [6.45, 7) is 5.74. The van der Waals surface area contributed by atoms with Gasteiger partial charge in [-0.3, -0.25) is 0 Å². The van der Waals surface area contributed by atoms with E-state index in [0.29, 0.717) is 25.3 Å². The standard InChI is InChI=1S/C12H25NO4/c1-11(6-3-4-7-13)12(14)17-9-5-8-16-10-15-2/h12,14H,1,3-10,13H2,2H3. The highest BCUT2D eigenvalue weighted by Crippen LogP contribution is 2.10. The molecule has 17 heavy (non-hydrogen) atoms. The van der Waals surface area contributed by atoms with E-state index in [2.05, 4.69) is 6.58 Å². The number of hydrogen-bond acceptors (Lipinski definition) is 5. The van der Waals surface area contributed by atoms with Crippen LogP contribution in [0, 0.1) is 0 Å². The minimum absolute atomic E-state index is 0.286. The van der Waals surface area contributed by atoms with Crippen LogP contribution in [0.15, 0.2) is 12.2 Å². The second-order valence-electron chi connectivity index (χ2n) is 3.80. The van der Waals surface area contributed by atoms with Gasteiger partial charge in [0.05, 0.1) is 13.2 Å². The Morgan fingerprint density at radius 1 is 1.29 bits per heavy atom. The van der Waals surface area contributed by atoms with Crippen LogP contribution in [0.2, 0.25) is 0 Å². The summed E-state index contributed by atoms with van der Waals surface area (Å²) >= 11 is 0. The summed E-state index contributed by atoms with van der Waals surface area (Å²) in [5, 5.41) is 9.60. The van der Waals surface area contributed by atoms with Crippen LogP contribution in [0.4, 0.5) is 0 Å². The summed E-state index contributed by atoms with van der Waals surface area (Å²) in [5.41, 5.74) is 6.09. The Kier molecular flexibility index (Phi) is 11.7. The van der Waals surface area contributed by atoms with Crippen molar-refractivity contribution >= 4 is 0 Å². The molecule has 0 amide bonds. The maximum absolute atomic E-state index is 9.60. The summed E-state index contributed by atoms with van der Waals surface area (Å²) in [4.78, 5) is 0. The minimum atomic E-state index is -0.879. The van der Waals surface area contributed by atoms with Gasteiger partial charge in [-0.25, -0.2) is 0 Å². The van der Waals surface area contributed by atoms with Crippen molar-refractivity contribution in [2.24, 2.45) is 5.73 Å². The largest absolute Gasteiger partial charge is 0.364 e. The first-order valence-corrected chi connectivity index (χ1v) is 5.96. The molecular weight excluding hydrogens is 222 g/mol. The van der Waals surface area contributed by atoms with E-state index in [9.17, 15) is 5.11 Å². The molecule has 0 aromatic carbocycles. The van der Waals surface area contributed by atoms with Crippen molar-refractivity contribution in [1.82, 2.24) is 0 Å². The molecule has 0 bridgehead atoms. The lowest BCUT2D eigenvalue weighted by Gasteiger charge is -2.14. The number of methoxy groups -OCH3 is 1. The molecule has 1 atom stereocenters. The van der Waals surface area contributed by atoms with Crippen molar-refractivity contribution in [2.75, 3.05) is 33.7 Å². The van der Waals surface area contributed by atoms with Gasteiger partial charge < -0.3 is 25.1 Å². The zero-order valence-corrected chi connectivity index (χ0v) is 10.7. The molecule has 0 aromatic rings. The predicted octanol–water partition coefficient (Wildman–Crippen LogP) is 1.02. The normalized spacial score (nSPS) is 12.6. The second kappa shape index (κ2) is 12.0. The molecule has 0 aliphatic carbocycles. The highest BCUT2D eigenvalue weighted by Gasteiger charge is 2.08. The molecule has 0 rings (SSSR count). The Labute approximate surface area is 104 Å². The van der Waals surface area contributed by atoms with Gasteiger partial charge >= 0.3 is 0 Å². The highest BCUT2D eigenvalue weighted by atomic mass is 16.7. The molecule has 0 saturated heterocycles. The lowest BCUT2D eigenvalue weighted by Crippen LogP contribution is -2.16. The van der Waals surface area contributed by atoms with Gasteiger partial charge in [-0.2, -0.15) is 0 Å². The molecule has 5 heteroatoms. The van der Waals surface area contributed by atoms with Crippen LogP contribution in [0.5, 0.6) is 0 Å². The van der Waals surface area contributed by atoms with Gasteiger partial charge in [0.15, 0.2) is 6.29 Å². The molecule has 0 aliphatic heterocycles. The number of hydrogen-bond donors (Lipinski definition) is 2. The molecular formula is C12H25NO4. The van der Waals surface area contributed by atoms with E-state index in [1.807, 2.05) is 0 Å². The second-order valence-corrected chi connectivity index (χ2v) is 3.80. The number of aliphatic hydroxyl groups is 1. The van der Waals surface area contributed by atoms with Crippen molar-refractivity contribution in [1.29, 1.82) is 0 Å². The smallest absolute Gasteiger partial charge is 0.176 e. The van der Waals surface area contributed by atoms with E-state index in [1.165, 1.54) is 0 Å². The first kappa shape index (κ1) is 16.5. The number of ether oxygens (including phenoxy) is 3. The minimum Gasteiger partial charge on any atom is -0.364 e. The third-order valence-electron chi connectivity index (χ3n) is 2.21. The van der Waals surface area contributed by atoms with Crippen LogP contribution in [-0.4, -0.2) is 45.1 Å². The molecule has 0 spiro atoms. The van der Waals surface area contributed by atoms with E-state index >= 15 is 0 Å². The molecule has 0 saturated carbocycles. The third-order valence-corrected chi connectivity index (χ3v) is 2.21. The van der Waals surface area contributed by atoms with Crippen molar-refractivity contribution in [2.45, 2.75) is 32.0 Å². The molecule has 102 valence electrons. The van der Waals surface area contributed by atoms with Crippen LogP contribution >= 0.6 is 0 Å². The third kappa shape index (κ3) is 10.4. The van der Waals surface area contributed by atoms with Crippen molar-refractivity contribution < 1.29 is 19.3 Å². The van der Waals surface area contributed by atoms with Crippen molar-refractivity contribution in [3.63, 3.8) is 0 Å². The van der Waals surface area contributed by atoms with Gasteiger partial charge in [-0.05, 0) is 37.8 Å². The predicted molar refractivity (Wildman–Crippen MR) is 66.4 cm³/mol. The summed E-state index contributed by atoms with van der Waals surface area (Å²) in [6, 6.07) is 0. The first-order valence-electron chi connectivity index (χ1n) is 5.96. The number of aliphatic hydroxyl groups excluding tert-OH is 1. The molecule has 0 aliphatic rings. The maximum Gasteiger partial charge on any atom is 0.176 e. The van der Waals surface area contributed by atoms with Crippen LogP contribution in [0.3, 0.4) is 0 Å². The average molecular weight is 247 g/mol. The van der Waals surface area contributed by atoms with E-state index in [0.717, 1.165) is 25.7 Å². The van der Waals surface area contributed by atoms with E-state index in [4.69, 9.17) is 19.9 Å². The highest BCUT2D eigenvalue weighted by molar-refractivity contribution is 4.97. The number of nitrogens with two attached hydrogens (primary N) is 1. The molecule has 3 N–H and O–H groups in total. The summed E-state index contributed by atoms with van der Waals surface area (Å²) in [7, 11) is 1.57. The monoisotopic (exact) mass is 247 g/mol. The molecule has 0 fully saturated rings. The summed E-state index contributed by atoms with van der Waals surface area (Å²) in [5.74, 6) is 0. The topological polar surface area (TPSA) is 73.9 Å². The zero-order valence-electron chi connectivity index (χ0n) is 10.7. The van der Waals surface area contributed by atoms with E-state index in [1.54, 1.807) is 7.11 Å². The quantitative estimate of drug-likeness (QED) is 0.306. The number of unbranched alkanes of at least 4 members (excludes halogenated alkanes) is 1. The molecule has 1 unspecified atom stereocenters. The van der Waals surface area contributed by atoms with Crippen molar-refractivity contribution in [3.8, 4) is 0 Å². The van der Waals surface area contributed by atoms with Gasteiger partial charge in [0.2, 0.25) is 0 Å². The molecule has 0 heterocycles. The van der Waals surface area contributed by atoms with Gasteiger partial charge in [-0.15, -0.1) is 0 Å². The SMILES string of the molecule is C=C(CCCCN)C(O)OCCCOCOC. The van der Waals surface area contributed by atoms with Crippen molar-refractivity contribution in [3.05, 3.63) is 12.2 Å².